The zero-order valence-corrected chi connectivity index (χ0v) is 10.8. The Balaban J connectivity index is 2.66. The molecule has 0 saturated carbocycles. The van der Waals surface area contributed by atoms with Crippen molar-refractivity contribution >= 4 is 29.2 Å². The summed E-state index contributed by atoms with van der Waals surface area (Å²) >= 11 is 11.5. The molecular weight excluding hydrogens is 297 g/mol. The van der Waals surface area contributed by atoms with E-state index in [4.69, 9.17) is 28.3 Å². The van der Waals surface area contributed by atoms with Gasteiger partial charge in [-0.15, -0.1) is 0 Å². The molecule has 0 aliphatic heterocycles. The molecule has 0 aliphatic carbocycles. The van der Waals surface area contributed by atoms with E-state index in [0.717, 1.165) is 6.07 Å². The highest BCUT2D eigenvalue weighted by molar-refractivity contribution is 6.42. The lowest BCUT2D eigenvalue weighted by Crippen LogP contribution is -2.00. The van der Waals surface area contributed by atoms with Crippen molar-refractivity contribution in [3.8, 4) is 11.1 Å². The van der Waals surface area contributed by atoms with Crippen LogP contribution < -0.4 is 0 Å². The first-order chi connectivity index (χ1) is 8.90. The van der Waals surface area contributed by atoms with Crippen LogP contribution in [0.3, 0.4) is 0 Å². The van der Waals surface area contributed by atoms with Crippen LogP contribution in [0.1, 0.15) is 10.4 Å². The van der Waals surface area contributed by atoms with Crippen LogP contribution in [0.15, 0.2) is 30.3 Å². The van der Waals surface area contributed by atoms with Crippen molar-refractivity contribution in [2.75, 3.05) is 0 Å². The molecular formula is C13H6Cl2F2O2. The first kappa shape index (κ1) is 13.8. The lowest BCUT2D eigenvalue weighted by Gasteiger charge is -2.07. The third kappa shape index (κ3) is 2.69. The largest absolute Gasteiger partial charge is 0.478 e. The van der Waals surface area contributed by atoms with Crippen LogP contribution in [-0.4, -0.2) is 11.1 Å². The molecule has 2 nitrogen and oxygen atoms in total. The summed E-state index contributed by atoms with van der Waals surface area (Å²) in [5, 5.41) is 9.26. The van der Waals surface area contributed by atoms with Gasteiger partial charge in [0.05, 0.1) is 15.6 Å². The highest BCUT2D eigenvalue weighted by Gasteiger charge is 2.16. The molecule has 0 fully saturated rings. The van der Waals surface area contributed by atoms with Gasteiger partial charge in [-0.25, -0.2) is 13.6 Å². The molecule has 0 bridgehead atoms. The summed E-state index contributed by atoms with van der Waals surface area (Å²) in [5.74, 6) is -3.72. The average molecular weight is 303 g/mol. The minimum atomic E-state index is -1.35. The topological polar surface area (TPSA) is 37.3 Å². The van der Waals surface area contributed by atoms with Crippen LogP contribution in [0.2, 0.25) is 10.0 Å². The van der Waals surface area contributed by atoms with E-state index in [-0.39, 0.29) is 26.7 Å². The van der Waals surface area contributed by atoms with Crippen molar-refractivity contribution in [1.82, 2.24) is 0 Å². The summed E-state index contributed by atoms with van der Waals surface area (Å²) in [6, 6.07) is 5.86. The van der Waals surface area contributed by atoms with E-state index in [9.17, 15) is 13.6 Å². The van der Waals surface area contributed by atoms with Crippen molar-refractivity contribution < 1.29 is 18.7 Å². The maximum absolute atomic E-state index is 13.7. The minimum absolute atomic E-state index is 0.166. The molecule has 0 heterocycles. The van der Waals surface area contributed by atoms with E-state index in [1.165, 1.54) is 18.2 Å². The van der Waals surface area contributed by atoms with Crippen molar-refractivity contribution in [2.24, 2.45) is 0 Å². The van der Waals surface area contributed by atoms with Crippen molar-refractivity contribution in [3.05, 3.63) is 57.6 Å². The quantitative estimate of drug-likeness (QED) is 0.877. The predicted molar refractivity (Wildman–Crippen MR) is 68.8 cm³/mol. The zero-order valence-electron chi connectivity index (χ0n) is 9.25. The molecule has 0 radical (unpaired) electrons. The number of carboxylic acid groups (broad SMARTS) is 1. The Labute approximate surface area is 117 Å². The van der Waals surface area contributed by atoms with E-state index < -0.39 is 17.6 Å². The summed E-state index contributed by atoms with van der Waals surface area (Å²) in [6.07, 6.45) is 0. The highest BCUT2D eigenvalue weighted by atomic mass is 35.5. The van der Waals surface area contributed by atoms with Crippen LogP contribution in [-0.2, 0) is 0 Å². The second-order valence-electron chi connectivity index (χ2n) is 3.75. The van der Waals surface area contributed by atoms with E-state index in [0.29, 0.717) is 6.07 Å². The van der Waals surface area contributed by atoms with E-state index in [1.807, 2.05) is 0 Å². The lowest BCUT2D eigenvalue weighted by molar-refractivity contribution is 0.0696. The van der Waals surface area contributed by atoms with Gasteiger partial charge in [-0.2, -0.15) is 0 Å². The monoisotopic (exact) mass is 302 g/mol. The van der Waals surface area contributed by atoms with Gasteiger partial charge in [0, 0.05) is 5.56 Å². The van der Waals surface area contributed by atoms with Crippen molar-refractivity contribution in [1.29, 1.82) is 0 Å². The molecule has 2 aromatic rings. The van der Waals surface area contributed by atoms with Gasteiger partial charge in [-0.3, -0.25) is 0 Å². The first-order valence-electron chi connectivity index (χ1n) is 5.08. The molecule has 0 atom stereocenters. The number of rotatable bonds is 2. The summed E-state index contributed by atoms with van der Waals surface area (Å²) in [4.78, 5) is 10.8. The zero-order chi connectivity index (χ0) is 14.2. The van der Waals surface area contributed by atoms with Gasteiger partial charge in [0.2, 0.25) is 0 Å². The standard InChI is InChI=1S/C13H6Cl2F2O2/c14-9-2-1-6(4-10(9)15)8-3-7(13(18)19)5-11(16)12(8)17/h1-5H,(H,18,19). The van der Waals surface area contributed by atoms with Crippen molar-refractivity contribution in [2.45, 2.75) is 0 Å². The Morgan fingerprint density at radius 3 is 2.32 bits per heavy atom. The molecule has 2 rings (SSSR count). The molecule has 0 amide bonds. The first-order valence-corrected chi connectivity index (χ1v) is 5.83. The SMILES string of the molecule is O=C(O)c1cc(F)c(F)c(-c2ccc(Cl)c(Cl)c2)c1. The van der Waals surface area contributed by atoms with Gasteiger partial charge in [-0.1, -0.05) is 29.3 Å². The second-order valence-corrected chi connectivity index (χ2v) is 4.57. The Hall–Kier alpha value is -1.65. The molecule has 1 N–H and O–H groups in total. The fourth-order valence-corrected chi connectivity index (χ4v) is 1.88. The summed E-state index contributed by atoms with van der Waals surface area (Å²) in [6.45, 7) is 0. The number of carboxylic acids is 1. The maximum Gasteiger partial charge on any atom is 0.335 e. The van der Waals surface area contributed by atoms with E-state index in [1.54, 1.807) is 0 Å². The normalized spacial score (nSPS) is 10.5. The number of hydrogen-bond donors (Lipinski definition) is 1. The van der Waals surface area contributed by atoms with E-state index in [2.05, 4.69) is 0 Å². The third-order valence-electron chi connectivity index (χ3n) is 2.51. The summed E-state index contributed by atoms with van der Waals surface area (Å²) in [5.41, 5.74) is -0.287. The van der Waals surface area contributed by atoms with Gasteiger partial charge >= 0.3 is 5.97 Å². The fraction of sp³-hybridized carbons (Fsp3) is 0. The number of carbonyl (C=O) groups is 1. The van der Waals surface area contributed by atoms with Gasteiger partial charge in [0.15, 0.2) is 11.6 Å². The Morgan fingerprint density at radius 2 is 1.74 bits per heavy atom. The molecule has 0 spiro atoms. The molecule has 19 heavy (non-hydrogen) atoms. The third-order valence-corrected chi connectivity index (χ3v) is 3.24. The van der Waals surface area contributed by atoms with Crippen LogP contribution in [0.25, 0.3) is 11.1 Å². The smallest absolute Gasteiger partial charge is 0.335 e. The van der Waals surface area contributed by atoms with Gasteiger partial charge in [0.1, 0.15) is 0 Å². The number of hydrogen-bond acceptors (Lipinski definition) is 1. The molecule has 0 aliphatic rings. The molecule has 0 aromatic heterocycles. The highest BCUT2D eigenvalue weighted by Crippen LogP contribution is 2.31. The number of halogens is 4. The van der Waals surface area contributed by atoms with Gasteiger partial charge in [-0.05, 0) is 29.8 Å². The lowest BCUT2D eigenvalue weighted by atomic mass is 10.0. The second kappa shape index (κ2) is 5.15. The minimum Gasteiger partial charge on any atom is -0.478 e. The van der Waals surface area contributed by atoms with Crippen LogP contribution >= 0.6 is 23.2 Å². The summed E-state index contributed by atoms with van der Waals surface area (Å²) in [7, 11) is 0. The van der Waals surface area contributed by atoms with Gasteiger partial charge in [0.25, 0.3) is 0 Å². The average Bonchev–Trinajstić information content (AvgIpc) is 2.35. The molecule has 98 valence electrons. The molecule has 6 heteroatoms. The molecule has 0 saturated heterocycles. The maximum atomic E-state index is 13.7. The van der Waals surface area contributed by atoms with Crippen molar-refractivity contribution in [3.63, 3.8) is 0 Å². The predicted octanol–water partition coefficient (Wildman–Crippen LogP) is 4.64. The number of aromatic carboxylic acids is 1. The number of benzene rings is 2. The fourth-order valence-electron chi connectivity index (χ4n) is 1.59. The molecule has 0 unspecified atom stereocenters. The molecule has 2 aromatic carbocycles. The Morgan fingerprint density at radius 1 is 1.05 bits per heavy atom. The Kier molecular flexibility index (Phi) is 3.73. The van der Waals surface area contributed by atoms with Crippen LogP contribution in [0, 0.1) is 11.6 Å². The van der Waals surface area contributed by atoms with Crippen LogP contribution in [0.5, 0.6) is 0 Å². The van der Waals surface area contributed by atoms with E-state index >= 15 is 0 Å². The summed E-state index contributed by atoms with van der Waals surface area (Å²) < 4.78 is 27.1. The van der Waals surface area contributed by atoms with Crippen LogP contribution in [0.4, 0.5) is 8.78 Å². The van der Waals surface area contributed by atoms with Gasteiger partial charge < -0.3 is 5.11 Å². The Bertz CT molecular complexity index is 672.